The molecular formula is C16H24N4O3. The molecule has 3 aliphatic heterocycles. The maximum Gasteiger partial charge on any atom is 0.319 e. The van der Waals surface area contributed by atoms with Crippen LogP contribution in [-0.2, 0) is 6.42 Å². The molecule has 2 atom stereocenters. The molecule has 23 heavy (non-hydrogen) atoms. The molecule has 0 saturated carbocycles. The van der Waals surface area contributed by atoms with Crippen molar-refractivity contribution in [2.24, 2.45) is 5.92 Å². The molecule has 4 rings (SSSR count). The van der Waals surface area contributed by atoms with Crippen molar-refractivity contribution in [2.45, 2.75) is 32.2 Å². The van der Waals surface area contributed by atoms with Crippen LogP contribution in [-0.4, -0.2) is 71.4 Å². The highest BCUT2D eigenvalue weighted by Crippen LogP contribution is 2.30. The van der Waals surface area contributed by atoms with Crippen LogP contribution in [0.25, 0.3) is 0 Å². The average molecular weight is 320 g/mol. The van der Waals surface area contributed by atoms with Gasteiger partial charge in [-0.3, -0.25) is 4.79 Å². The summed E-state index contributed by atoms with van der Waals surface area (Å²) in [5.74, 6) is 0.902. The van der Waals surface area contributed by atoms with Crippen LogP contribution in [0, 0.1) is 5.92 Å². The monoisotopic (exact) mass is 320 g/mol. The normalized spacial score (nSPS) is 23.8. The zero-order valence-corrected chi connectivity index (χ0v) is 14.0. The number of fused-ring (bicyclic) bond motifs is 4. The Balaban J connectivity index is 1.80. The number of carbonyl (C=O) groups is 2. The van der Waals surface area contributed by atoms with Crippen LogP contribution in [0.1, 0.15) is 36.0 Å². The van der Waals surface area contributed by atoms with E-state index in [1.165, 1.54) is 6.39 Å². The van der Waals surface area contributed by atoms with Gasteiger partial charge in [-0.05, 0) is 18.8 Å². The summed E-state index contributed by atoms with van der Waals surface area (Å²) in [7, 11) is 3.53. The Bertz CT molecular complexity index is 598. The van der Waals surface area contributed by atoms with E-state index in [4.69, 9.17) is 4.42 Å². The number of oxazole rings is 1. The van der Waals surface area contributed by atoms with Gasteiger partial charge >= 0.3 is 6.03 Å². The number of aryl methyl sites for hydroxylation is 1. The van der Waals surface area contributed by atoms with Gasteiger partial charge in [0.1, 0.15) is 5.76 Å². The van der Waals surface area contributed by atoms with Crippen LogP contribution in [0.3, 0.4) is 0 Å². The zero-order valence-electron chi connectivity index (χ0n) is 14.0. The van der Waals surface area contributed by atoms with Crippen molar-refractivity contribution in [3.05, 3.63) is 17.8 Å². The standard InChI is InChI=1S/C16H24N4O3/c1-4-13-14(17-10-23-13)15(21)20-8-11-5-6-12(20)9-19(7-11)16(22)18(2)3/h10-12H,4-9H2,1-3H3/t11-,12+/m0/s1. The van der Waals surface area contributed by atoms with Gasteiger partial charge in [-0.15, -0.1) is 0 Å². The third-order valence-corrected chi connectivity index (χ3v) is 4.79. The molecule has 0 N–H and O–H groups in total. The first-order chi connectivity index (χ1) is 11.0. The fraction of sp³-hybridized carbons (Fsp3) is 0.688. The summed E-state index contributed by atoms with van der Waals surface area (Å²) in [6, 6.07) is 0.0819. The van der Waals surface area contributed by atoms with E-state index in [9.17, 15) is 9.59 Å². The molecular weight excluding hydrogens is 296 g/mol. The molecule has 0 spiro atoms. The van der Waals surface area contributed by atoms with E-state index in [0.717, 1.165) is 19.4 Å². The highest BCUT2D eigenvalue weighted by Gasteiger charge is 2.40. The Morgan fingerprint density at radius 2 is 2.09 bits per heavy atom. The number of hydrogen-bond acceptors (Lipinski definition) is 4. The molecule has 3 aliphatic rings. The first kappa shape index (κ1) is 15.8. The maximum atomic E-state index is 12.9. The van der Waals surface area contributed by atoms with Gasteiger partial charge in [0, 0.05) is 46.2 Å². The van der Waals surface area contributed by atoms with Gasteiger partial charge in [0.25, 0.3) is 5.91 Å². The number of aromatic nitrogens is 1. The molecule has 2 bridgehead atoms. The lowest BCUT2D eigenvalue weighted by molar-refractivity contribution is 0.0578. The van der Waals surface area contributed by atoms with E-state index in [0.29, 0.717) is 36.9 Å². The number of amides is 3. The third-order valence-electron chi connectivity index (χ3n) is 4.79. The molecule has 3 saturated heterocycles. The number of carbonyl (C=O) groups excluding carboxylic acids is 2. The van der Waals surface area contributed by atoms with Gasteiger partial charge in [0.15, 0.2) is 12.1 Å². The average Bonchev–Trinajstić information content (AvgIpc) is 2.84. The molecule has 4 heterocycles. The summed E-state index contributed by atoms with van der Waals surface area (Å²) < 4.78 is 5.30. The van der Waals surface area contributed by atoms with Gasteiger partial charge in [0.2, 0.25) is 0 Å². The number of rotatable bonds is 2. The third kappa shape index (κ3) is 2.92. The lowest BCUT2D eigenvalue weighted by atomic mass is 9.94. The molecule has 1 aromatic rings. The van der Waals surface area contributed by atoms with Crippen molar-refractivity contribution < 1.29 is 14.0 Å². The van der Waals surface area contributed by atoms with Crippen LogP contribution in [0.15, 0.2) is 10.8 Å². The summed E-state index contributed by atoms with van der Waals surface area (Å²) in [6.45, 7) is 3.95. The van der Waals surface area contributed by atoms with Crippen molar-refractivity contribution in [2.75, 3.05) is 33.7 Å². The molecule has 3 amide bonds. The second kappa shape index (κ2) is 6.22. The quantitative estimate of drug-likeness (QED) is 0.827. The van der Waals surface area contributed by atoms with E-state index >= 15 is 0 Å². The summed E-state index contributed by atoms with van der Waals surface area (Å²) in [6.07, 6.45) is 3.98. The second-order valence-corrected chi connectivity index (χ2v) is 6.61. The Kier molecular flexibility index (Phi) is 4.28. The minimum atomic E-state index is -0.0653. The smallest absolute Gasteiger partial charge is 0.319 e. The van der Waals surface area contributed by atoms with E-state index in [1.807, 2.05) is 16.7 Å². The summed E-state index contributed by atoms with van der Waals surface area (Å²) in [5.41, 5.74) is 0.422. The fourth-order valence-electron chi connectivity index (χ4n) is 3.60. The second-order valence-electron chi connectivity index (χ2n) is 6.61. The van der Waals surface area contributed by atoms with Crippen molar-refractivity contribution in [3.8, 4) is 0 Å². The van der Waals surface area contributed by atoms with Gasteiger partial charge in [0.05, 0.1) is 0 Å². The van der Waals surface area contributed by atoms with Crippen molar-refractivity contribution in [3.63, 3.8) is 0 Å². The Morgan fingerprint density at radius 1 is 1.30 bits per heavy atom. The molecule has 7 heteroatoms. The molecule has 126 valence electrons. The Labute approximate surface area is 136 Å². The topological polar surface area (TPSA) is 69.9 Å². The number of hydrogen-bond donors (Lipinski definition) is 0. The van der Waals surface area contributed by atoms with Gasteiger partial charge < -0.3 is 19.1 Å². The summed E-state index contributed by atoms with van der Waals surface area (Å²) in [5, 5.41) is 0. The van der Waals surface area contributed by atoms with Gasteiger partial charge in [-0.2, -0.15) is 0 Å². The van der Waals surface area contributed by atoms with Crippen LogP contribution in [0.2, 0.25) is 0 Å². The summed E-state index contributed by atoms with van der Waals surface area (Å²) >= 11 is 0. The van der Waals surface area contributed by atoms with Crippen LogP contribution >= 0.6 is 0 Å². The maximum absolute atomic E-state index is 12.9. The summed E-state index contributed by atoms with van der Waals surface area (Å²) in [4.78, 5) is 34.7. The van der Waals surface area contributed by atoms with Crippen molar-refractivity contribution in [1.82, 2.24) is 19.7 Å². The minimum Gasteiger partial charge on any atom is -0.448 e. The van der Waals surface area contributed by atoms with Gasteiger partial charge in [-0.25, -0.2) is 9.78 Å². The van der Waals surface area contributed by atoms with Crippen molar-refractivity contribution in [1.29, 1.82) is 0 Å². The number of piperidine rings is 1. The lowest BCUT2D eigenvalue weighted by Crippen LogP contribution is -2.48. The first-order valence-electron chi connectivity index (χ1n) is 8.20. The largest absolute Gasteiger partial charge is 0.448 e. The Morgan fingerprint density at radius 3 is 2.78 bits per heavy atom. The Hall–Kier alpha value is -2.05. The molecule has 0 radical (unpaired) electrons. The van der Waals surface area contributed by atoms with E-state index in [2.05, 4.69) is 4.98 Å². The molecule has 7 nitrogen and oxygen atoms in total. The van der Waals surface area contributed by atoms with Crippen LogP contribution < -0.4 is 0 Å². The SMILES string of the molecule is CCc1ocnc1C(=O)N1C[C@H]2CC[C@@H]1CN(C(=O)N(C)C)C2. The first-order valence-corrected chi connectivity index (χ1v) is 8.20. The van der Waals surface area contributed by atoms with Crippen LogP contribution in [0.4, 0.5) is 4.79 Å². The highest BCUT2D eigenvalue weighted by molar-refractivity contribution is 5.93. The van der Waals surface area contributed by atoms with Crippen LogP contribution in [0.5, 0.6) is 0 Å². The number of nitrogens with zero attached hydrogens (tertiary/aromatic N) is 4. The van der Waals surface area contributed by atoms with E-state index in [1.54, 1.807) is 19.0 Å². The molecule has 3 fully saturated rings. The zero-order chi connectivity index (χ0) is 16.6. The molecule has 0 aliphatic carbocycles. The minimum absolute atomic E-state index is 0.0203. The molecule has 1 aromatic heterocycles. The predicted molar refractivity (Wildman–Crippen MR) is 84.1 cm³/mol. The van der Waals surface area contributed by atoms with Crippen molar-refractivity contribution >= 4 is 11.9 Å². The fourth-order valence-corrected chi connectivity index (χ4v) is 3.60. The van der Waals surface area contributed by atoms with Gasteiger partial charge in [-0.1, -0.05) is 6.92 Å². The molecule has 0 aromatic carbocycles. The predicted octanol–water partition coefficient (Wildman–Crippen LogP) is 1.46. The number of urea groups is 1. The lowest BCUT2D eigenvalue weighted by Gasteiger charge is -2.35. The molecule has 0 unspecified atom stereocenters. The van der Waals surface area contributed by atoms with E-state index < -0.39 is 0 Å². The highest BCUT2D eigenvalue weighted by atomic mass is 16.3. The van der Waals surface area contributed by atoms with E-state index in [-0.39, 0.29) is 18.0 Å².